The van der Waals surface area contributed by atoms with Crippen LogP contribution in [0.15, 0.2) is 48.9 Å². The summed E-state index contributed by atoms with van der Waals surface area (Å²) < 4.78 is 101. The van der Waals surface area contributed by atoms with Crippen molar-refractivity contribution < 1.29 is 74.0 Å². The van der Waals surface area contributed by atoms with E-state index in [1.54, 1.807) is 12.4 Å². The fraction of sp³-hybridized carbons (Fsp3) is 0.304. The summed E-state index contributed by atoms with van der Waals surface area (Å²) in [5.41, 5.74) is 4.46. The van der Waals surface area contributed by atoms with Crippen LogP contribution in [0.4, 0.5) is 39.5 Å². The molecule has 0 saturated carbocycles. The van der Waals surface area contributed by atoms with E-state index >= 15 is 0 Å². The summed E-state index contributed by atoms with van der Waals surface area (Å²) in [6, 6.07) is 9.77. The third kappa shape index (κ3) is 13.8. The molecule has 0 aromatic carbocycles. The highest BCUT2D eigenvalue weighted by Crippen LogP contribution is 2.26. The predicted molar refractivity (Wildman–Crippen MR) is 125 cm³/mol. The van der Waals surface area contributed by atoms with E-state index in [0.717, 1.165) is 36.8 Å². The molecule has 44 heavy (non-hydrogen) atoms. The zero-order chi connectivity index (χ0) is 33.7. The number of nitrogens with one attached hydrogen (secondary N) is 1. The quantitative estimate of drug-likeness (QED) is 0.291. The summed E-state index contributed by atoms with van der Waals surface area (Å²) in [5, 5.41) is 28.9. The number of carbonyl (C=O) groups is 3. The largest absolute Gasteiger partial charge is 0.490 e. The molecule has 3 aromatic rings. The average molecular weight is 649 g/mol. The number of halogens is 9. The van der Waals surface area contributed by atoms with Crippen LogP contribution in [0.25, 0.3) is 0 Å². The lowest BCUT2D eigenvalue weighted by Gasteiger charge is -2.14. The van der Waals surface area contributed by atoms with Gasteiger partial charge in [-0.15, -0.1) is 0 Å². The highest BCUT2D eigenvalue weighted by molar-refractivity contribution is 5.73. The fourth-order valence-corrected chi connectivity index (χ4v) is 2.80. The van der Waals surface area contributed by atoms with E-state index in [-0.39, 0.29) is 0 Å². The van der Waals surface area contributed by atoms with E-state index in [2.05, 4.69) is 31.1 Å². The minimum atomic E-state index is -5.08. The number of pyridine rings is 2. The number of alkyl halides is 9. The normalized spacial score (nSPS) is 12.7. The molecule has 0 amide bonds. The topological polar surface area (TPSA) is 179 Å². The number of carboxylic acids is 3. The predicted octanol–water partition coefficient (Wildman–Crippen LogP) is 4.19. The summed E-state index contributed by atoms with van der Waals surface area (Å²) in [6.45, 7) is 3.03. The molecule has 4 N–H and O–H groups in total. The Morgan fingerprint density at radius 2 is 1.36 bits per heavy atom. The second-order valence-electron chi connectivity index (χ2n) is 7.98. The summed E-state index contributed by atoms with van der Waals surface area (Å²) >= 11 is 0. The van der Waals surface area contributed by atoms with Crippen LogP contribution in [0.2, 0.25) is 0 Å². The van der Waals surface area contributed by atoms with Gasteiger partial charge in [-0.25, -0.2) is 14.4 Å². The molecule has 0 fully saturated rings. The van der Waals surface area contributed by atoms with Gasteiger partial charge >= 0.3 is 36.4 Å². The Labute approximate surface area is 239 Å². The number of ether oxygens (including phenoxy) is 1. The number of H-pyrrole nitrogens is 1. The van der Waals surface area contributed by atoms with Gasteiger partial charge in [-0.3, -0.25) is 20.0 Å². The fourth-order valence-electron chi connectivity index (χ4n) is 2.80. The van der Waals surface area contributed by atoms with E-state index < -0.39 is 36.4 Å². The molecule has 12 nitrogen and oxygen atoms in total. The van der Waals surface area contributed by atoms with Gasteiger partial charge in [-0.1, -0.05) is 6.07 Å². The molecule has 0 bridgehead atoms. The molecule has 0 saturated heterocycles. The number of rotatable bonds is 5. The van der Waals surface area contributed by atoms with Crippen LogP contribution in [-0.4, -0.2) is 76.8 Å². The maximum absolute atomic E-state index is 10.6. The number of fused-ring (bicyclic) bond motifs is 1. The molecule has 0 aliphatic carbocycles. The van der Waals surface area contributed by atoms with Gasteiger partial charge in [0.15, 0.2) is 0 Å². The first kappa shape index (κ1) is 37.1. The first-order valence-corrected chi connectivity index (χ1v) is 11.3. The van der Waals surface area contributed by atoms with Gasteiger partial charge < -0.3 is 20.1 Å². The van der Waals surface area contributed by atoms with E-state index in [0.29, 0.717) is 6.61 Å². The minimum absolute atomic E-state index is 0.453. The number of aliphatic carboxylic acids is 3. The third-order valence-electron chi connectivity index (χ3n) is 4.65. The average Bonchev–Trinajstić information content (AvgIpc) is 3.48. The van der Waals surface area contributed by atoms with Gasteiger partial charge in [0.05, 0.1) is 17.6 Å². The zero-order valence-electron chi connectivity index (χ0n) is 21.6. The lowest BCUT2D eigenvalue weighted by atomic mass is 10.2. The van der Waals surface area contributed by atoms with Gasteiger partial charge in [0, 0.05) is 37.6 Å². The maximum atomic E-state index is 10.6. The number of aromatic amines is 1. The third-order valence-corrected chi connectivity index (χ3v) is 4.65. The van der Waals surface area contributed by atoms with Crippen molar-refractivity contribution >= 4 is 17.9 Å². The summed E-state index contributed by atoms with van der Waals surface area (Å²) in [7, 11) is 0. The van der Waals surface area contributed by atoms with Crippen molar-refractivity contribution in [3.05, 3.63) is 71.6 Å². The van der Waals surface area contributed by atoms with Crippen LogP contribution in [0, 0.1) is 0 Å². The maximum Gasteiger partial charge on any atom is 0.490 e. The molecular formula is C23H20F9N5O7. The smallest absolute Gasteiger partial charge is 0.486 e. The molecule has 242 valence electrons. The Morgan fingerprint density at radius 1 is 0.818 bits per heavy atom. The van der Waals surface area contributed by atoms with Crippen molar-refractivity contribution in [2.24, 2.45) is 0 Å². The van der Waals surface area contributed by atoms with Gasteiger partial charge in [-0.2, -0.15) is 44.6 Å². The van der Waals surface area contributed by atoms with E-state index in [9.17, 15) is 39.5 Å². The minimum Gasteiger partial charge on any atom is -0.486 e. The lowest BCUT2D eigenvalue weighted by Crippen LogP contribution is -2.21. The summed E-state index contributed by atoms with van der Waals surface area (Å²) in [5.74, 6) is -7.51. The Morgan fingerprint density at radius 3 is 1.80 bits per heavy atom. The highest BCUT2D eigenvalue weighted by Gasteiger charge is 2.39. The monoisotopic (exact) mass is 649 g/mol. The highest BCUT2D eigenvalue weighted by atomic mass is 19.4. The Balaban J connectivity index is 0.000000379. The van der Waals surface area contributed by atoms with Crippen LogP contribution in [-0.2, 0) is 40.6 Å². The van der Waals surface area contributed by atoms with Crippen LogP contribution in [0.3, 0.4) is 0 Å². The summed E-state index contributed by atoms with van der Waals surface area (Å²) in [6.07, 6.45) is -9.98. The molecule has 0 atom stereocenters. The molecule has 3 aromatic heterocycles. The molecule has 1 aliphatic rings. The number of carboxylic acid groups (broad SMARTS) is 3. The molecular weight excluding hydrogens is 629 g/mol. The SMILES string of the molecule is O=C(O)C(F)(F)F.O=C(O)C(F)(F)F.O=C(O)C(F)(F)F.c1ccc(CN2Cc3[nH]nc(COc4cccnc4)c3C2)nc1. The van der Waals surface area contributed by atoms with Crippen molar-refractivity contribution in [1.82, 2.24) is 25.1 Å². The van der Waals surface area contributed by atoms with E-state index in [1.165, 1.54) is 11.3 Å². The van der Waals surface area contributed by atoms with Crippen LogP contribution in [0.1, 0.15) is 22.6 Å². The van der Waals surface area contributed by atoms with Crippen molar-refractivity contribution in [1.29, 1.82) is 0 Å². The van der Waals surface area contributed by atoms with Gasteiger partial charge in [0.2, 0.25) is 0 Å². The van der Waals surface area contributed by atoms with Gasteiger partial charge in [-0.05, 0) is 24.3 Å². The Hall–Kier alpha value is -4.95. The van der Waals surface area contributed by atoms with Crippen molar-refractivity contribution in [3.63, 3.8) is 0 Å². The first-order valence-electron chi connectivity index (χ1n) is 11.3. The zero-order valence-corrected chi connectivity index (χ0v) is 21.6. The molecule has 4 heterocycles. The van der Waals surface area contributed by atoms with Crippen LogP contribution >= 0.6 is 0 Å². The lowest BCUT2D eigenvalue weighted by molar-refractivity contribution is -0.193. The molecule has 21 heteroatoms. The first-order chi connectivity index (χ1) is 20.2. The Bertz CT molecular complexity index is 1290. The second-order valence-corrected chi connectivity index (χ2v) is 7.98. The van der Waals surface area contributed by atoms with Crippen LogP contribution < -0.4 is 4.74 Å². The number of hydrogen-bond donors (Lipinski definition) is 4. The van der Waals surface area contributed by atoms with Crippen LogP contribution in [0.5, 0.6) is 5.75 Å². The molecule has 0 radical (unpaired) electrons. The van der Waals surface area contributed by atoms with Gasteiger partial charge in [0.25, 0.3) is 0 Å². The van der Waals surface area contributed by atoms with Crippen molar-refractivity contribution in [3.8, 4) is 5.75 Å². The number of hydrogen-bond acceptors (Lipinski definition) is 8. The van der Waals surface area contributed by atoms with E-state index in [4.69, 9.17) is 34.4 Å². The standard InChI is InChI=1S/C17H17N5O.3C2HF3O2/c1-2-7-19-13(4-1)9-22-10-15-16(11-22)20-21-17(15)12-23-14-5-3-6-18-8-14;3*3-2(4,5)1(6)7/h1-8H,9-12H2,(H,20,21);3*(H,6,7). The second kappa shape index (κ2) is 16.0. The Kier molecular flexibility index (Phi) is 13.5. The molecule has 1 aliphatic heterocycles. The van der Waals surface area contributed by atoms with E-state index in [1.807, 2.05) is 30.5 Å². The summed E-state index contributed by atoms with van der Waals surface area (Å²) in [4.78, 5) is 37.5. The van der Waals surface area contributed by atoms with Gasteiger partial charge in [0.1, 0.15) is 18.1 Å². The number of aromatic nitrogens is 4. The van der Waals surface area contributed by atoms with Crippen molar-refractivity contribution in [2.75, 3.05) is 0 Å². The molecule has 0 unspecified atom stereocenters. The molecule has 4 rings (SSSR count). The molecule has 0 spiro atoms. The van der Waals surface area contributed by atoms with Crippen molar-refractivity contribution in [2.45, 2.75) is 44.8 Å². The number of nitrogens with zero attached hydrogens (tertiary/aromatic N) is 4.